The number of methoxy groups -OCH3 is 1. The number of rotatable bonds is 3. The van der Waals surface area contributed by atoms with Gasteiger partial charge in [0.15, 0.2) is 0 Å². The van der Waals surface area contributed by atoms with Crippen molar-refractivity contribution in [2.75, 3.05) is 14.2 Å². The predicted molar refractivity (Wildman–Crippen MR) is 101 cm³/mol. The first-order chi connectivity index (χ1) is 10.9. The molecule has 0 heterocycles. The second-order valence-electron chi connectivity index (χ2n) is 6.03. The molecule has 0 spiro atoms. The molecule has 0 atom stereocenters. The van der Waals surface area contributed by atoms with Crippen molar-refractivity contribution < 1.29 is 4.74 Å². The highest BCUT2D eigenvalue weighted by molar-refractivity contribution is 6.06. The van der Waals surface area contributed by atoms with Gasteiger partial charge in [0.05, 0.1) is 12.8 Å². The largest absolute Gasteiger partial charge is 0.496 e. The molecule has 1 aliphatic rings. The predicted octanol–water partition coefficient (Wildman–Crippen LogP) is 4.01. The molecule has 126 valence electrons. The van der Waals surface area contributed by atoms with Crippen LogP contribution in [0.2, 0.25) is 0 Å². The van der Waals surface area contributed by atoms with Gasteiger partial charge in [-0.2, -0.15) is 0 Å². The lowest BCUT2D eigenvalue weighted by molar-refractivity contribution is 0.408. The van der Waals surface area contributed by atoms with Crippen LogP contribution in [0.25, 0.3) is 5.70 Å². The van der Waals surface area contributed by atoms with Crippen LogP contribution >= 0.6 is 0 Å². The van der Waals surface area contributed by atoms with Crippen molar-refractivity contribution in [3.05, 3.63) is 34.4 Å². The minimum atomic E-state index is -0.145. The van der Waals surface area contributed by atoms with Gasteiger partial charge in [-0.05, 0) is 48.7 Å². The third-order valence-corrected chi connectivity index (χ3v) is 4.08. The van der Waals surface area contributed by atoms with Gasteiger partial charge in [-0.25, -0.2) is 0 Å². The highest BCUT2D eigenvalue weighted by Crippen LogP contribution is 2.44. The van der Waals surface area contributed by atoms with Crippen LogP contribution in [0.3, 0.4) is 0 Å². The van der Waals surface area contributed by atoms with Crippen molar-refractivity contribution in [3.8, 4) is 5.75 Å². The first-order valence-electron chi connectivity index (χ1n) is 7.97. The Kier molecular flexibility index (Phi) is 6.13. The van der Waals surface area contributed by atoms with Crippen LogP contribution in [0.5, 0.6) is 5.75 Å². The van der Waals surface area contributed by atoms with E-state index in [9.17, 15) is 0 Å². The van der Waals surface area contributed by atoms with Crippen LogP contribution in [0.1, 0.15) is 44.4 Å². The molecule has 4 nitrogen and oxygen atoms in total. The lowest BCUT2D eigenvalue weighted by Crippen LogP contribution is -2.33. The summed E-state index contributed by atoms with van der Waals surface area (Å²) < 4.78 is 5.43. The van der Waals surface area contributed by atoms with Gasteiger partial charge in [0, 0.05) is 18.2 Å². The molecule has 0 aliphatic heterocycles. The molecule has 2 N–H and O–H groups in total. The van der Waals surface area contributed by atoms with Gasteiger partial charge in [-0.3, -0.25) is 9.98 Å². The fourth-order valence-corrected chi connectivity index (χ4v) is 3.08. The lowest BCUT2D eigenvalue weighted by atomic mass is 9.71. The van der Waals surface area contributed by atoms with Crippen LogP contribution in [0, 0.1) is 12.3 Å². The van der Waals surface area contributed by atoms with Crippen LogP contribution < -0.4 is 10.5 Å². The third kappa shape index (κ3) is 3.46. The molecule has 1 aromatic carbocycles. The van der Waals surface area contributed by atoms with Crippen LogP contribution in [-0.4, -0.2) is 26.7 Å². The second kappa shape index (κ2) is 7.44. The van der Waals surface area contributed by atoms with Crippen molar-refractivity contribution >= 4 is 18.3 Å². The lowest BCUT2D eigenvalue weighted by Gasteiger charge is -2.35. The van der Waals surface area contributed by atoms with E-state index in [-0.39, 0.29) is 5.41 Å². The zero-order chi connectivity index (χ0) is 17.8. The van der Waals surface area contributed by atoms with Crippen molar-refractivity contribution in [3.63, 3.8) is 0 Å². The van der Waals surface area contributed by atoms with Crippen molar-refractivity contribution in [2.24, 2.45) is 21.1 Å². The molecular formula is C19H29N3O. The van der Waals surface area contributed by atoms with E-state index in [1.54, 1.807) is 14.2 Å². The summed E-state index contributed by atoms with van der Waals surface area (Å²) in [7, 11) is 3.40. The number of nitrogens with zero attached hydrogens (tertiary/aromatic N) is 2. The highest BCUT2D eigenvalue weighted by atomic mass is 16.5. The zero-order valence-electron chi connectivity index (χ0n) is 15.4. The average molecular weight is 315 g/mol. The standard InChI is InChI=1S/C17H23N3O.C2H6/c1-10-7-12-11(8-13(10)21-6)9-17(2,3)14(15(12)19-4)16(18)20-5;1-2/h7-8H,4,9H2,1-3,5-6H3,(H2,18,20);1-2H3. The highest BCUT2D eigenvalue weighted by Gasteiger charge is 2.35. The molecule has 0 aromatic heterocycles. The first kappa shape index (κ1) is 18.9. The van der Waals surface area contributed by atoms with E-state index >= 15 is 0 Å². The summed E-state index contributed by atoms with van der Waals surface area (Å²) in [5.41, 5.74) is 11.1. The molecule has 0 saturated heterocycles. The van der Waals surface area contributed by atoms with Gasteiger partial charge in [0.2, 0.25) is 0 Å². The molecule has 0 saturated carbocycles. The summed E-state index contributed by atoms with van der Waals surface area (Å²) in [6.45, 7) is 14.1. The Hall–Kier alpha value is -2.10. The Bertz CT molecular complexity index is 655. The summed E-state index contributed by atoms with van der Waals surface area (Å²) in [5, 5.41) is 0. The molecule has 0 radical (unpaired) electrons. The second-order valence-corrected chi connectivity index (χ2v) is 6.03. The van der Waals surface area contributed by atoms with E-state index in [2.05, 4.69) is 42.7 Å². The summed E-state index contributed by atoms with van der Waals surface area (Å²) in [5.74, 6) is 1.43. The normalized spacial score (nSPS) is 16.2. The minimum Gasteiger partial charge on any atom is -0.496 e. The molecule has 4 heteroatoms. The van der Waals surface area contributed by atoms with Gasteiger partial charge in [0.1, 0.15) is 11.6 Å². The summed E-state index contributed by atoms with van der Waals surface area (Å²) in [6, 6.07) is 4.18. The molecule has 0 amide bonds. The van der Waals surface area contributed by atoms with Crippen molar-refractivity contribution in [2.45, 2.75) is 41.0 Å². The quantitative estimate of drug-likeness (QED) is 0.676. The average Bonchev–Trinajstić information content (AvgIpc) is 2.54. The number of hydrogen-bond donors (Lipinski definition) is 1. The number of aliphatic imine (C=N–C) groups is 2. The number of aryl methyl sites for hydroxylation is 1. The molecule has 0 fully saturated rings. The molecule has 0 bridgehead atoms. The number of benzene rings is 1. The number of ether oxygens (including phenoxy) is 1. The number of fused-ring (bicyclic) bond motifs is 1. The Morgan fingerprint density at radius 1 is 1.30 bits per heavy atom. The maximum atomic E-state index is 6.12. The Labute approximate surface area is 140 Å². The summed E-state index contributed by atoms with van der Waals surface area (Å²) >= 11 is 0. The van der Waals surface area contributed by atoms with E-state index in [4.69, 9.17) is 10.5 Å². The fourth-order valence-electron chi connectivity index (χ4n) is 3.08. The smallest absolute Gasteiger partial charge is 0.123 e. The van der Waals surface area contributed by atoms with Crippen molar-refractivity contribution in [1.82, 2.24) is 0 Å². The molecule has 2 rings (SSSR count). The van der Waals surface area contributed by atoms with Gasteiger partial charge in [0.25, 0.3) is 0 Å². The van der Waals surface area contributed by atoms with Crippen LogP contribution in [0.15, 0.2) is 27.7 Å². The minimum absolute atomic E-state index is 0.145. The maximum Gasteiger partial charge on any atom is 0.123 e. The molecular weight excluding hydrogens is 286 g/mol. The first-order valence-corrected chi connectivity index (χ1v) is 7.97. The SMILES string of the molecule is C=NC1=C(C(N)=NC)C(C)(C)Cc2cc(OC)c(C)cc21.CC. The van der Waals surface area contributed by atoms with E-state index in [0.717, 1.165) is 34.6 Å². The van der Waals surface area contributed by atoms with Gasteiger partial charge >= 0.3 is 0 Å². The Morgan fingerprint density at radius 2 is 1.91 bits per heavy atom. The van der Waals surface area contributed by atoms with E-state index in [0.29, 0.717) is 5.84 Å². The maximum absolute atomic E-state index is 6.12. The van der Waals surface area contributed by atoms with E-state index in [1.165, 1.54) is 5.56 Å². The summed E-state index contributed by atoms with van der Waals surface area (Å²) in [4.78, 5) is 8.42. The van der Waals surface area contributed by atoms with Gasteiger partial charge in [-0.1, -0.05) is 27.7 Å². The van der Waals surface area contributed by atoms with Crippen LogP contribution in [-0.2, 0) is 6.42 Å². The molecule has 0 unspecified atom stereocenters. The zero-order valence-corrected chi connectivity index (χ0v) is 15.4. The monoisotopic (exact) mass is 315 g/mol. The van der Waals surface area contributed by atoms with E-state index in [1.807, 2.05) is 20.8 Å². The third-order valence-electron chi connectivity index (χ3n) is 4.08. The Balaban J connectivity index is 0.00000127. The van der Waals surface area contributed by atoms with Gasteiger partial charge in [-0.15, -0.1) is 0 Å². The van der Waals surface area contributed by atoms with Gasteiger partial charge < -0.3 is 10.5 Å². The van der Waals surface area contributed by atoms with Crippen molar-refractivity contribution in [1.29, 1.82) is 0 Å². The Morgan fingerprint density at radius 3 is 2.39 bits per heavy atom. The summed E-state index contributed by atoms with van der Waals surface area (Å²) in [6.07, 6.45) is 0.865. The number of hydrogen-bond acceptors (Lipinski definition) is 3. The fraction of sp³-hybridized carbons (Fsp3) is 0.474. The number of nitrogens with two attached hydrogens (primary N) is 1. The number of amidine groups is 1. The van der Waals surface area contributed by atoms with Crippen LogP contribution in [0.4, 0.5) is 0 Å². The molecule has 23 heavy (non-hydrogen) atoms. The molecule has 1 aromatic rings. The topological polar surface area (TPSA) is 60.0 Å². The van der Waals surface area contributed by atoms with E-state index < -0.39 is 0 Å². The molecule has 1 aliphatic carbocycles.